The topological polar surface area (TPSA) is 141 Å². The largest absolute Gasteiger partial charge is 1.00 e. The van der Waals surface area contributed by atoms with Gasteiger partial charge in [0.2, 0.25) is 5.78 Å². The van der Waals surface area contributed by atoms with Gasteiger partial charge in [-0.3, -0.25) is 14.4 Å². The van der Waals surface area contributed by atoms with Crippen LogP contribution in [0.4, 0.5) is 4.39 Å². The summed E-state index contributed by atoms with van der Waals surface area (Å²) in [6.45, 7) is 4.16. The summed E-state index contributed by atoms with van der Waals surface area (Å²) in [7, 11) is 0. The van der Waals surface area contributed by atoms with Gasteiger partial charge >= 0.3 is 35.5 Å². The summed E-state index contributed by atoms with van der Waals surface area (Å²) in [5, 5.41) is 32.1. The van der Waals surface area contributed by atoms with E-state index in [9.17, 15) is 34.5 Å². The van der Waals surface area contributed by atoms with Crippen molar-refractivity contribution in [1.29, 1.82) is 0 Å². The van der Waals surface area contributed by atoms with E-state index in [1.54, 1.807) is 20.8 Å². The molecule has 3 saturated carbocycles. The number of carboxylic acids is 1. The number of allylic oxidation sites excluding steroid dienone is 4. The maximum absolute atomic E-state index is 17.2. The van der Waals surface area contributed by atoms with Crippen molar-refractivity contribution in [2.45, 2.75) is 76.7 Å². The summed E-state index contributed by atoms with van der Waals surface area (Å²) >= 11 is 0. The first kappa shape index (κ1) is 29.2. The third-order valence-electron chi connectivity index (χ3n) is 9.55. The number of carbonyl (C=O) groups is 4. The summed E-state index contributed by atoms with van der Waals surface area (Å²) in [6.07, 6.45) is 2.54. The van der Waals surface area contributed by atoms with Crippen molar-refractivity contribution in [2.75, 3.05) is 6.61 Å². The Morgan fingerprint density at radius 2 is 1.89 bits per heavy atom. The molecular formula is C26H32FNaO8. The Bertz CT molecular complexity index is 1040. The average molecular weight is 515 g/mol. The molecule has 4 rings (SSSR count). The Balaban J connectivity index is 0.00000361. The average Bonchev–Trinajstić information content (AvgIpc) is 3.00. The van der Waals surface area contributed by atoms with Crippen molar-refractivity contribution >= 4 is 23.5 Å². The normalized spacial score (nSPS) is 42.8. The van der Waals surface area contributed by atoms with Crippen LogP contribution in [0.5, 0.6) is 0 Å². The Kier molecular flexibility index (Phi) is 7.88. The fraction of sp³-hybridized carbons (Fsp3) is 0.692. The molecule has 4 aliphatic carbocycles. The van der Waals surface area contributed by atoms with E-state index >= 15 is 4.39 Å². The number of hydrogen-bond acceptors (Lipinski definition) is 8. The molecule has 0 bridgehead atoms. The monoisotopic (exact) mass is 514 g/mol. The van der Waals surface area contributed by atoms with Crippen LogP contribution in [0.15, 0.2) is 23.8 Å². The Morgan fingerprint density at radius 3 is 2.50 bits per heavy atom. The third-order valence-corrected chi connectivity index (χ3v) is 9.55. The molecule has 0 radical (unpaired) electrons. The molecule has 2 N–H and O–H groups in total. The molecule has 0 spiro atoms. The molecule has 0 unspecified atom stereocenters. The number of ether oxygens (including phenoxy) is 1. The number of halogens is 1. The minimum Gasteiger partial charge on any atom is -0.550 e. The second-order valence-corrected chi connectivity index (χ2v) is 11.1. The smallest absolute Gasteiger partial charge is 0.550 e. The number of aliphatic hydroxyl groups excluding tert-OH is 2. The van der Waals surface area contributed by atoms with Crippen molar-refractivity contribution in [3.8, 4) is 0 Å². The fourth-order valence-electron chi connectivity index (χ4n) is 7.95. The summed E-state index contributed by atoms with van der Waals surface area (Å²) < 4.78 is 23.0. The van der Waals surface area contributed by atoms with Gasteiger partial charge in [-0.05, 0) is 57.1 Å². The van der Waals surface area contributed by atoms with Gasteiger partial charge in [-0.2, -0.15) is 0 Å². The van der Waals surface area contributed by atoms with Crippen LogP contribution in [0.3, 0.4) is 0 Å². The van der Waals surface area contributed by atoms with Crippen LogP contribution in [-0.2, 0) is 23.9 Å². The molecule has 8 atom stereocenters. The van der Waals surface area contributed by atoms with Crippen molar-refractivity contribution in [2.24, 2.45) is 28.6 Å². The standard InChI is InChI=1S/C26H33FO8.Na/c1-14-10-18-17-5-4-15-11-16(29)8-9-23(15,2)25(17,27)19(30)12-24(18,3)26(14,20(31)13-28)35-22(34)7-6-21(32)33;/h8-9,11,14,17-19,28,30H,4-7,10,12-13H2,1-3H3,(H,32,33);/q;+1/p-1/t14-,17+,18+,19+,23+,24+,25+,26+;/m1./s1. The number of carboxylic acid groups (broad SMARTS) is 1. The zero-order chi connectivity index (χ0) is 26.0. The second kappa shape index (κ2) is 9.73. The predicted octanol–water partition coefficient (Wildman–Crippen LogP) is -2.02. The van der Waals surface area contributed by atoms with E-state index in [0.717, 1.165) is 0 Å². The first-order chi connectivity index (χ1) is 16.3. The van der Waals surface area contributed by atoms with Crippen LogP contribution in [0.25, 0.3) is 0 Å². The Labute approximate surface area is 231 Å². The van der Waals surface area contributed by atoms with Gasteiger partial charge in [0, 0.05) is 28.6 Å². The van der Waals surface area contributed by atoms with E-state index in [-0.39, 0.29) is 41.8 Å². The summed E-state index contributed by atoms with van der Waals surface area (Å²) in [5.41, 5.74) is -5.73. The van der Waals surface area contributed by atoms with Gasteiger partial charge in [-0.1, -0.05) is 25.5 Å². The van der Waals surface area contributed by atoms with Gasteiger partial charge in [0.05, 0.1) is 12.5 Å². The SMILES string of the molecule is C[C@@H]1C[C@H]2[C@@H]3CCC4=CC(=O)C=C[C@]4(C)[C@@]3(F)[C@@H](O)C[C@]2(C)[C@@]1(OC(=O)CCC(=O)[O-])C(=O)CO.[Na+]. The van der Waals surface area contributed by atoms with E-state index in [1.807, 2.05) is 0 Å². The summed E-state index contributed by atoms with van der Waals surface area (Å²) in [5.74, 6) is -5.12. The summed E-state index contributed by atoms with van der Waals surface area (Å²) in [6, 6.07) is 0. The predicted molar refractivity (Wildman–Crippen MR) is 118 cm³/mol. The number of hydrogen-bond donors (Lipinski definition) is 2. The maximum Gasteiger partial charge on any atom is 1.00 e. The molecule has 4 aliphatic rings. The quantitative estimate of drug-likeness (QED) is 0.306. The van der Waals surface area contributed by atoms with Gasteiger partial charge in [0.15, 0.2) is 17.1 Å². The van der Waals surface area contributed by atoms with Crippen molar-refractivity contribution in [1.82, 2.24) is 0 Å². The van der Waals surface area contributed by atoms with Crippen molar-refractivity contribution < 1.29 is 73.2 Å². The Hall–Kier alpha value is -1.39. The van der Waals surface area contributed by atoms with E-state index in [1.165, 1.54) is 18.2 Å². The van der Waals surface area contributed by atoms with E-state index in [2.05, 4.69) is 0 Å². The number of esters is 1. The fourth-order valence-corrected chi connectivity index (χ4v) is 7.95. The van der Waals surface area contributed by atoms with Gasteiger partial charge in [-0.25, -0.2) is 4.39 Å². The molecule has 0 aromatic carbocycles. The number of fused-ring (bicyclic) bond motifs is 5. The zero-order valence-corrected chi connectivity index (χ0v) is 23.2. The number of aliphatic hydroxyl groups is 2. The molecular weight excluding hydrogens is 482 g/mol. The zero-order valence-electron chi connectivity index (χ0n) is 21.2. The minimum absolute atomic E-state index is 0. The Morgan fingerprint density at radius 1 is 1.22 bits per heavy atom. The van der Waals surface area contributed by atoms with E-state index in [4.69, 9.17) is 4.74 Å². The van der Waals surface area contributed by atoms with Gasteiger partial charge < -0.3 is 24.9 Å². The van der Waals surface area contributed by atoms with E-state index < -0.39 is 83.1 Å². The molecule has 36 heavy (non-hydrogen) atoms. The molecule has 192 valence electrons. The number of rotatable bonds is 6. The van der Waals surface area contributed by atoms with E-state index in [0.29, 0.717) is 24.8 Å². The number of ketones is 2. The number of carbonyl (C=O) groups excluding carboxylic acids is 4. The van der Waals surface area contributed by atoms with Gasteiger partial charge in [-0.15, -0.1) is 0 Å². The first-order valence-corrected chi connectivity index (χ1v) is 12.1. The maximum atomic E-state index is 17.2. The minimum atomic E-state index is -2.12. The van der Waals surface area contributed by atoms with Crippen LogP contribution in [0.2, 0.25) is 0 Å². The van der Waals surface area contributed by atoms with Crippen molar-refractivity contribution in [3.63, 3.8) is 0 Å². The van der Waals surface area contributed by atoms with Crippen LogP contribution in [0.1, 0.15) is 59.3 Å². The molecule has 0 aromatic rings. The summed E-state index contributed by atoms with van der Waals surface area (Å²) in [4.78, 5) is 48.7. The van der Waals surface area contributed by atoms with Crippen LogP contribution in [0, 0.1) is 28.6 Å². The molecule has 0 heterocycles. The first-order valence-electron chi connectivity index (χ1n) is 12.1. The molecule has 8 nitrogen and oxygen atoms in total. The van der Waals surface area contributed by atoms with Crippen LogP contribution in [-0.4, -0.2) is 57.7 Å². The van der Waals surface area contributed by atoms with Gasteiger partial charge in [0.25, 0.3) is 0 Å². The molecule has 0 saturated heterocycles. The number of aliphatic carboxylic acids is 1. The number of alkyl halides is 1. The molecule has 0 amide bonds. The molecule has 0 aromatic heterocycles. The van der Waals surface area contributed by atoms with Crippen LogP contribution >= 0.6 is 0 Å². The number of Topliss-reactive ketones (excluding diaryl/α,β-unsaturated/α-hetero) is 1. The molecule has 10 heteroatoms. The molecule has 3 fully saturated rings. The van der Waals surface area contributed by atoms with Crippen molar-refractivity contribution in [3.05, 3.63) is 23.8 Å². The van der Waals surface area contributed by atoms with Crippen LogP contribution < -0.4 is 34.7 Å². The third kappa shape index (κ3) is 3.80. The van der Waals surface area contributed by atoms with Gasteiger partial charge in [0.1, 0.15) is 6.61 Å². The molecule has 0 aliphatic heterocycles. The second-order valence-electron chi connectivity index (χ2n) is 11.1.